The van der Waals surface area contributed by atoms with Gasteiger partial charge in [0.25, 0.3) is 5.91 Å². The molecule has 148 valence electrons. The van der Waals surface area contributed by atoms with Gasteiger partial charge >= 0.3 is 0 Å². The van der Waals surface area contributed by atoms with Gasteiger partial charge < -0.3 is 15.5 Å². The first-order valence-corrected chi connectivity index (χ1v) is 9.92. The number of anilines is 2. The molecule has 0 spiro atoms. The Morgan fingerprint density at radius 1 is 1.32 bits per heavy atom. The summed E-state index contributed by atoms with van der Waals surface area (Å²) >= 11 is 0. The Bertz CT molecular complexity index is 945. The highest BCUT2D eigenvalue weighted by atomic mass is 16.2. The molecule has 7 nitrogen and oxygen atoms in total. The van der Waals surface area contributed by atoms with E-state index < -0.39 is 0 Å². The standard InChI is InChI=1S/C21H27N5O2/c1-5-22-17-9-15(18-10-19(23-13(3)27)24-25(18)4)8-16-11-26(21(28)20(16)17)12(2)14-6-7-14/h8-10,12,14,22H,5-7,11H2,1-4H3,(H,23,24,27). The SMILES string of the molecule is CCNc1cc(-c2cc(NC(C)=O)nn2C)cc2c1C(=O)N(C(C)C1CC1)C2. The molecule has 1 aliphatic carbocycles. The van der Waals surface area contributed by atoms with Crippen LogP contribution in [0.25, 0.3) is 11.3 Å². The van der Waals surface area contributed by atoms with Crippen LogP contribution in [0.4, 0.5) is 11.5 Å². The van der Waals surface area contributed by atoms with E-state index in [0.717, 1.165) is 34.6 Å². The van der Waals surface area contributed by atoms with E-state index >= 15 is 0 Å². The van der Waals surface area contributed by atoms with E-state index in [0.29, 0.717) is 18.3 Å². The minimum atomic E-state index is -0.151. The molecule has 2 amide bonds. The number of aryl methyl sites for hydroxylation is 1. The van der Waals surface area contributed by atoms with Gasteiger partial charge in [-0.3, -0.25) is 14.3 Å². The molecule has 1 aromatic heterocycles. The van der Waals surface area contributed by atoms with Crippen molar-refractivity contribution in [3.05, 3.63) is 29.3 Å². The van der Waals surface area contributed by atoms with E-state index in [1.54, 1.807) is 4.68 Å². The quantitative estimate of drug-likeness (QED) is 0.805. The molecule has 0 radical (unpaired) electrons. The molecule has 1 aromatic carbocycles. The lowest BCUT2D eigenvalue weighted by Crippen LogP contribution is -2.34. The monoisotopic (exact) mass is 381 g/mol. The summed E-state index contributed by atoms with van der Waals surface area (Å²) in [5.41, 5.74) is 4.59. The van der Waals surface area contributed by atoms with Crippen LogP contribution in [0.1, 0.15) is 49.5 Å². The third-order valence-corrected chi connectivity index (χ3v) is 5.68. The Labute approximate surface area is 165 Å². The third-order valence-electron chi connectivity index (χ3n) is 5.68. The first kappa shape index (κ1) is 18.5. The van der Waals surface area contributed by atoms with Crippen LogP contribution >= 0.6 is 0 Å². The number of aromatic nitrogens is 2. The highest BCUT2D eigenvalue weighted by Gasteiger charge is 2.39. The van der Waals surface area contributed by atoms with E-state index in [-0.39, 0.29) is 17.9 Å². The van der Waals surface area contributed by atoms with Gasteiger partial charge in [0.2, 0.25) is 5.91 Å². The summed E-state index contributed by atoms with van der Waals surface area (Å²) in [4.78, 5) is 26.5. The Hall–Kier alpha value is -2.83. The summed E-state index contributed by atoms with van der Waals surface area (Å²) in [6, 6.07) is 6.24. The number of rotatable bonds is 6. The average Bonchev–Trinajstić information content (AvgIpc) is 3.34. The van der Waals surface area contributed by atoms with Gasteiger partial charge in [-0.15, -0.1) is 0 Å². The Balaban J connectivity index is 1.73. The number of benzene rings is 1. The van der Waals surface area contributed by atoms with E-state index in [1.807, 2.05) is 31.0 Å². The van der Waals surface area contributed by atoms with Gasteiger partial charge in [-0.1, -0.05) is 0 Å². The van der Waals surface area contributed by atoms with Crippen LogP contribution in [0, 0.1) is 5.92 Å². The minimum Gasteiger partial charge on any atom is -0.385 e. The molecule has 2 N–H and O–H groups in total. The van der Waals surface area contributed by atoms with Gasteiger partial charge in [0.05, 0.1) is 11.3 Å². The molecule has 1 aliphatic heterocycles. The number of nitrogens with one attached hydrogen (secondary N) is 2. The number of carbonyl (C=O) groups is 2. The van der Waals surface area contributed by atoms with Crippen LogP contribution in [0.3, 0.4) is 0 Å². The van der Waals surface area contributed by atoms with Gasteiger partial charge in [0.1, 0.15) is 0 Å². The second-order valence-corrected chi connectivity index (χ2v) is 7.82. The summed E-state index contributed by atoms with van der Waals surface area (Å²) in [5, 5.41) is 10.5. The molecule has 7 heteroatoms. The second-order valence-electron chi connectivity index (χ2n) is 7.82. The molecule has 2 heterocycles. The van der Waals surface area contributed by atoms with Gasteiger partial charge in [-0.05, 0) is 50.3 Å². The molecular weight excluding hydrogens is 354 g/mol. The maximum Gasteiger partial charge on any atom is 0.256 e. The van der Waals surface area contributed by atoms with Crippen molar-refractivity contribution in [3.63, 3.8) is 0 Å². The van der Waals surface area contributed by atoms with Crippen molar-refractivity contribution in [3.8, 4) is 11.3 Å². The van der Waals surface area contributed by atoms with Crippen LogP contribution in [-0.4, -0.2) is 39.1 Å². The third kappa shape index (κ3) is 3.25. The average molecular weight is 381 g/mol. The lowest BCUT2D eigenvalue weighted by molar-refractivity contribution is -0.114. The highest BCUT2D eigenvalue weighted by Crippen LogP contribution is 2.41. The molecule has 1 fully saturated rings. The molecule has 0 bridgehead atoms. The van der Waals surface area contributed by atoms with Crippen LogP contribution in [0.15, 0.2) is 18.2 Å². The fourth-order valence-electron chi connectivity index (χ4n) is 4.10. The maximum absolute atomic E-state index is 13.1. The molecule has 1 atom stereocenters. The number of hydrogen-bond donors (Lipinski definition) is 2. The zero-order chi connectivity index (χ0) is 20.0. The predicted octanol–water partition coefficient (Wildman–Crippen LogP) is 3.23. The van der Waals surface area contributed by atoms with Crippen LogP contribution in [0.2, 0.25) is 0 Å². The van der Waals surface area contributed by atoms with Crippen LogP contribution in [-0.2, 0) is 18.4 Å². The number of fused-ring (bicyclic) bond motifs is 1. The first-order valence-electron chi connectivity index (χ1n) is 9.92. The summed E-state index contributed by atoms with van der Waals surface area (Å²) in [5.74, 6) is 1.14. The number of amides is 2. The Morgan fingerprint density at radius 2 is 2.07 bits per heavy atom. The van der Waals surface area contributed by atoms with E-state index in [4.69, 9.17) is 0 Å². The molecule has 1 saturated carbocycles. The predicted molar refractivity (Wildman–Crippen MR) is 109 cm³/mol. The summed E-state index contributed by atoms with van der Waals surface area (Å²) in [7, 11) is 1.85. The molecule has 1 unspecified atom stereocenters. The van der Waals surface area contributed by atoms with Crippen molar-refractivity contribution in [2.24, 2.45) is 13.0 Å². The van der Waals surface area contributed by atoms with E-state index in [2.05, 4.69) is 28.7 Å². The molecule has 4 rings (SSSR count). The van der Waals surface area contributed by atoms with Crippen molar-refractivity contribution in [2.45, 2.75) is 46.2 Å². The Morgan fingerprint density at radius 3 is 2.71 bits per heavy atom. The van der Waals surface area contributed by atoms with Gasteiger partial charge in [-0.2, -0.15) is 5.10 Å². The van der Waals surface area contributed by atoms with Crippen molar-refractivity contribution in [2.75, 3.05) is 17.2 Å². The lowest BCUT2D eigenvalue weighted by Gasteiger charge is -2.24. The summed E-state index contributed by atoms with van der Waals surface area (Å²) in [6.45, 7) is 7.05. The van der Waals surface area contributed by atoms with Crippen molar-refractivity contribution < 1.29 is 9.59 Å². The summed E-state index contributed by atoms with van der Waals surface area (Å²) in [6.07, 6.45) is 2.43. The second kappa shape index (κ2) is 6.96. The van der Waals surface area contributed by atoms with Crippen molar-refractivity contribution >= 4 is 23.3 Å². The topological polar surface area (TPSA) is 79.3 Å². The molecule has 2 aliphatic rings. The fourth-order valence-corrected chi connectivity index (χ4v) is 4.10. The fraction of sp³-hybridized carbons (Fsp3) is 0.476. The van der Waals surface area contributed by atoms with Crippen LogP contribution in [0.5, 0.6) is 0 Å². The Kier molecular flexibility index (Phi) is 4.61. The number of nitrogens with zero attached hydrogens (tertiary/aromatic N) is 3. The largest absolute Gasteiger partial charge is 0.385 e. The van der Waals surface area contributed by atoms with Gasteiger partial charge in [0, 0.05) is 50.4 Å². The highest BCUT2D eigenvalue weighted by molar-refractivity contribution is 6.04. The van der Waals surface area contributed by atoms with Gasteiger partial charge in [0.15, 0.2) is 5.82 Å². The zero-order valence-electron chi connectivity index (χ0n) is 16.9. The lowest BCUT2D eigenvalue weighted by atomic mass is 10.0. The van der Waals surface area contributed by atoms with E-state index in [1.165, 1.54) is 19.8 Å². The molecule has 2 aromatic rings. The number of carbonyl (C=O) groups excluding carboxylic acids is 2. The molecule has 0 saturated heterocycles. The van der Waals surface area contributed by atoms with Crippen molar-refractivity contribution in [1.82, 2.24) is 14.7 Å². The molecular formula is C21H27N5O2. The van der Waals surface area contributed by atoms with Gasteiger partial charge in [-0.25, -0.2) is 0 Å². The smallest absolute Gasteiger partial charge is 0.256 e. The normalized spacial score (nSPS) is 16.9. The maximum atomic E-state index is 13.1. The zero-order valence-corrected chi connectivity index (χ0v) is 16.9. The van der Waals surface area contributed by atoms with Crippen LogP contribution < -0.4 is 10.6 Å². The van der Waals surface area contributed by atoms with Crippen molar-refractivity contribution in [1.29, 1.82) is 0 Å². The number of hydrogen-bond acceptors (Lipinski definition) is 4. The first-order chi connectivity index (χ1) is 13.4. The van der Waals surface area contributed by atoms with E-state index in [9.17, 15) is 9.59 Å². The molecule has 28 heavy (non-hydrogen) atoms. The summed E-state index contributed by atoms with van der Waals surface area (Å²) < 4.78 is 1.75. The minimum absolute atomic E-state index is 0.126.